The molecular weight excluding hydrogens is 249 g/mol. The minimum atomic E-state index is -5.08. The van der Waals surface area contributed by atoms with Gasteiger partial charge in [0.2, 0.25) is 0 Å². The molecule has 4 nitrogen and oxygen atoms in total. The Hall–Kier alpha value is -0.820. The number of carboxylic acid groups (broad SMARTS) is 1. The van der Waals surface area contributed by atoms with E-state index in [1.807, 2.05) is 0 Å². The Morgan fingerprint density at radius 3 is 1.94 bits per heavy atom. The molecule has 7 heteroatoms. The second-order valence-electron chi connectivity index (χ2n) is 4.85. The molecule has 1 aliphatic rings. The number of halogens is 3. The molecule has 1 aliphatic carbocycles. The molecular formula is C11H21F3N2O2. The molecule has 0 heterocycles. The maximum atomic E-state index is 10.6. The first-order valence-corrected chi connectivity index (χ1v) is 5.83. The third-order valence-corrected chi connectivity index (χ3v) is 2.76. The lowest BCUT2D eigenvalue weighted by Crippen LogP contribution is -2.31. The lowest BCUT2D eigenvalue weighted by atomic mass is 9.86. The van der Waals surface area contributed by atoms with E-state index in [1.54, 1.807) is 0 Å². The van der Waals surface area contributed by atoms with Crippen molar-refractivity contribution in [1.82, 2.24) is 4.90 Å². The molecule has 0 radical (unpaired) electrons. The van der Waals surface area contributed by atoms with Crippen molar-refractivity contribution in [3.05, 3.63) is 0 Å². The van der Waals surface area contributed by atoms with Gasteiger partial charge in [-0.15, -0.1) is 0 Å². The van der Waals surface area contributed by atoms with Gasteiger partial charge in [-0.2, -0.15) is 13.2 Å². The number of aliphatic carboxylic acids is 1. The van der Waals surface area contributed by atoms with Crippen LogP contribution in [-0.4, -0.2) is 48.8 Å². The van der Waals surface area contributed by atoms with Crippen molar-refractivity contribution in [3.8, 4) is 0 Å². The van der Waals surface area contributed by atoms with E-state index in [9.17, 15) is 13.2 Å². The van der Waals surface area contributed by atoms with E-state index in [1.165, 1.54) is 32.2 Å². The summed E-state index contributed by atoms with van der Waals surface area (Å²) in [6, 6.07) is 0.494. The van der Waals surface area contributed by atoms with Gasteiger partial charge < -0.3 is 15.7 Å². The molecule has 1 fully saturated rings. The van der Waals surface area contributed by atoms with Gasteiger partial charge in [-0.05, 0) is 45.7 Å². The van der Waals surface area contributed by atoms with Gasteiger partial charge in [0, 0.05) is 12.6 Å². The summed E-state index contributed by atoms with van der Waals surface area (Å²) in [5.74, 6) is -1.85. The topological polar surface area (TPSA) is 66.6 Å². The number of nitrogens with two attached hydrogens (primary N) is 1. The quantitative estimate of drug-likeness (QED) is 0.801. The minimum Gasteiger partial charge on any atom is -0.475 e. The third-order valence-electron chi connectivity index (χ3n) is 2.76. The zero-order valence-electron chi connectivity index (χ0n) is 10.7. The summed E-state index contributed by atoms with van der Waals surface area (Å²) in [6.07, 6.45) is 0.0513. The highest BCUT2D eigenvalue weighted by atomic mass is 19.4. The van der Waals surface area contributed by atoms with Gasteiger partial charge in [-0.25, -0.2) is 4.79 Å². The summed E-state index contributed by atoms with van der Waals surface area (Å²) < 4.78 is 31.7. The zero-order chi connectivity index (χ0) is 14.3. The maximum absolute atomic E-state index is 10.6. The van der Waals surface area contributed by atoms with Crippen LogP contribution in [0.4, 0.5) is 13.2 Å². The summed E-state index contributed by atoms with van der Waals surface area (Å²) in [6.45, 7) is 1.24. The first-order valence-electron chi connectivity index (χ1n) is 5.83. The van der Waals surface area contributed by atoms with E-state index in [0.717, 1.165) is 5.92 Å². The van der Waals surface area contributed by atoms with Crippen LogP contribution in [0, 0.1) is 5.92 Å². The van der Waals surface area contributed by atoms with Crippen LogP contribution in [0.5, 0.6) is 0 Å². The van der Waals surface area contributed by atoms with Crippen LogP contribution in [0.2, 0.25) is 0 Å². The Balaban J connectivity index is 0.000000360. The average molecular weight is 270 g/mol. The molecule has 0 atom stereocenters. The summed E-state index contributed by atoms with van der Waals surface area (Å²) in [4.78, 5) is 11.2. The van der Waals surface area contributed by atoms with Gasteiger partial charge in [0.15, 0.2) is 0 Å². The molecule has 1 rings (SSSR count). The molecule has 3 N–H and O–H groups in total. The molecule has 0 unspecified atom stereocenters. The van der Waals surface area contributed by atoms with Gasteiger partial charge in [-0.1, -0.05) is 0 Å². The van der Waals surface area contributed by atoms with Gasteiger partial charge in [0.25, 0.3) is 0 Å². The first-order chi connectivity index (χ1) is 8.12. The molecule has 0 aromatic carbocycles. The highest BCUT2D eigenvalue weighted by Gasteiger charge is 2.38. The van der Waals surface area contributed by atoms with Crippen LogP contribution in [0.1, 0.15) is 25.7 Å². The van der Waals surface area contributed by atoms with Crippen molar-refractivity contribution in [1.29, 1.82) is 0 Å². The summed E-state index contributed by atoms with van der Waals surface area (Å²) in [5, 5.41) is 7.12. The Bertz CT molecular complexity index is 249. The normalized spacial score (nSPS) is 24.4. The number of alkyl halides is 3. The van der Waals surface area contributed by atoms with Gasteiger partial charge in [0.05, 0.1) is 0 Å². The van der Waals surface area contributed by atoms with E-state index >= 15 is 0 Å². The Labute approximate surface area is 105 Å². The highest BCUT2D eigenvalue weighted by Crippen LogP contribution is 2.23. The van der Waals surface area contributed by atoms with E-state index < -0.39 is 12.1 Å². The van der Waals surface area contributed by atoms with Crippen molar-refractivity contribution in [3.63, 3.8) is 0 Å². The van der Waals surface area contributed by atoms with E-state index in [4.69, 9.17) is 15.6 Å². The fraction of sp³-hybridized carbons (Fsp3) is 0.909. The van der Waals surface area contributed by atoms with Crippen LogP contribution in [-0.2, 0) is 4.79 Å². The number of carbonyl (C=O) groups is 1. The van der Waals surface area contributed by atoms with Crippen LogP contribution in [0.25, 0.3) is 0 Å². The Morgan fingerprint density at radius 1 is 1.28 bits per heavy atom. The summed E-state index contributed by atoms with van der Waals surface area (Å²) in [7, 11) is 4.29. The molecule has 0 bridgehead atoms. The Morgan fingerprint density at radius 2 is 1.67 bits per heavy atom. The zero-order valence-corrected chi connectivity index (χ0v) is 10.7. The monoisotopic (exact) mass is 270 g/mol. The van der Waals surface area contributed by atoms with Crippen molar-refractivity contribution < 1.29 is 23.1 Å². The summed E-state index contributed by atoms with van der Waals surface area (Å²) >= 11 is 0. The van der Waals surface area contributed by atoms with Crippen LogP contribution in [0.3, 0.4) is 0 Å². The SMILES string of the molecule is CN(C)CC1CCC(N)CC1.O=C(O)C(F)(F)F. The molecule has 0 aromatic heterocycles. The van der Waals surface area contributed by atoms with Gasteiger partial charge in [0.1, 0.15) is 0 Å². The average Bonchev–Trinajstić information content (AvgIpc) is 2.20. The number of carboxylic acids is 1. The van der Waals surface area contributed by atoms with E-state index in [-0.39, 0.29) is 0 Å². The number of hydrogen-bond acceptors (Lipinski definition) is 3. The van der Waals surface area contributed by atoms with Crippen LogP contribution < -0.4 is 5.73 Å². The lowest BCUT2D eigenvalue weighted by Gasteiger charge is -2.28. The highest BCUT2D eigenvalue weighted by molar-refractivity contribution is 5.73. The molecule has 0 aliphatic heterocycles. The predicted molar refractivity (Wildman–Crippen MR) is 62.2 cm³/mol. The molecule has 0 aromatic rings. The number of rotatable bonds is 2. The second-order valence-corrected chi connectivity index (χ2v) is 4.85. The van der Waals surface area contributed by atoms with Crippen molar-refractivity contribution in [2.45, 2.75) is 37.9 Å². The standard InChI is InChI=1S/C9H20N2.C2HF3O2/c1-11(2)7-8-3-5-9(10)6-4-8;3-2(4,5)1(6)7/h8-9H,3-7,10H2,1-2H3;(H,6,7). The molecule has 18 heavy (non-hydrogen) atoms. The molecule has 0 amide bonds. The second kappa shape index (κ2) is 7.58. The van der Waals surface area contributed by atoms with Crippen LogP contribution >= 0.6 is 0 Å². The molecule has 0 saturated heterocycles. The maximum Gasteiger partial charge on any atom is 0.490 e. The van der Waals surface area contributed by atoms with E-state index in [0.29, 0.717) is 6.04 Å². The Kier molecular flexibility index (Phi) is 7.23. The molecule has 1 saturated carbocycles. The number of hydrogen-bond donors (Lipinski definition) is 2. The molecule has 108 valence electrons. The third kappa shape index (κ3) is 8.30. The fourth-order valence-corrected chi connectivity index (χ4v) is 1.89. The van der Waals surface area contributed by atoms with E-state index in [2.05, 4.69) is 19.0 Å². The van der Waals surface area contributed by atoms with Gasteiger partial charge in [-0.3, -0.25) is 0 Å². The number of nitrogens with zero attached hydrogens (tertiary/aromatic N) is 1. The largest absolute Gasteiger partial charge is 0.490 e. The fourth-order valence-electron chi connectivity index (χ4n) is 1.89. The minimum absolute atomic E-state index is 0.494. The van der Waals surface area contributed by atoms with Crippen LogP contribution in [0.15, 0.2) is 0 Å². The smallest absolute Gasteiger partial charge is 0.475 e. The van der Waals surface area contributed by atoms with Crippen molar-refractivity contribution in [2.24, 2.45) is 11.7 Å². The van der Waals surface area contributed by atoms with Crippen molar-refractivity contribution in [2.75, 3.05) is 20.6 Å². The van der Waals surface area contributed by atoms with Crippen molar-refractivity contribution >= 4 is 5.97 Å². The van der Waals surface area contributed by atoms with Gasteiger partial charge >= 0.3 is 12.1 Å². The lowest BCUT2D eigenvalue weighted by molar-refractivity contribution is -0.192. The first kappa shape index (κ1) is 17.2. The predicted octanol–water partition coefficient (Wildman–Crippen LogP) is 1.70. The summed E-state index contributed by atoms with van der Waals surface area (Å²) in [5.41, 5.74) is 5.81. The molecule has 0 spiro atoms.